The third-order valence-corrected chi connectivity index (χ3v) is 3.38. The zero-order chi connectivity index (χ0) is 16.4. The summed E-state index contributed by atoms with van der Waals surface area (Å²) < 4.78 is 31.5. The Morgan fingerprint density at radius 3 is 2.59 bits per heavy atom. The van der Waals surface area contributed by atoms with Gasteiger partial charge in [0, 0.05) is 17.3 Å². The van der Waals surface area contributed by atoms with Crippen LogP contribution < -0.4 is 10.6 Å². The number of carbonyl (C=O) groups excluding carboxylic acids is 2. The van der Waals surface area contributed by atoms with Crippen LogP contribution in [-0.4, -0.2) is 24.0 Å². The molecule has 2 N–H and O–H groups in total. The third-order valence-electron chi connectivity index (χ3n) is 3.16. The number of carbonyl (C=O) groups is 2. The number of hydrogen-bond donors (Lipinski definition) is 2. The Bertz CT molecular complexity index is 703. The fraction of sp³-hybridized carbons (Fsp3) is 0.214. The van der Waals surface area contributed by atoms with Crippen LogP contribution in [-0.2, 0) is 14.3 Å². The molecule has 0 spiro atoms. The van der Waals surface area contributed by atoms with Gasteiger partial charge in [-0.1, -0.05) is 6.07 Å². The van der Waals surface area contributed by atoms with Gasteiger partial charge in [-0.05, 0) is 25.2 Å². The Morgan fingerprint density at radius 2 is 2.00 bits per heavy atom. The summed E-state index contributed by atoms with van der Waals surface area (Å²) in [6, 6.07) is 1.92. The Morgan fingerprint density at radius 1 is 1.32 bits per heavy atom. The summed E-state index contributed by atoms with van der Waals surface area (Å²) in [5, 5.41) is 5.56. The maximum atomic E-state index is 14.0. The van der Waals surface area contributed by atoms with E-state index in [9.17, 15) is 18.4 Å². The zero-order valence-electron chi connectivity index (χ0n) is 11.7. The molecule has 116 valence electrons. The molecule has 0 aromatic heterocycles. The first-order chi connectivity index (χ1) is 10.3. The van der Waals surface area contributed by atoms with E-state index in [1.807, 2.05) is 0 Å². The first kappa shape index (κ1) is 16.0. The monoisotopic (exact) mass is 326 g/mol. The van der Waals surface area contributed by atoms with E-state index in [0.717, 1.165) is 13.2 Å². The average Bonchev–Trinajstić information content (AvgIpc) is 2.45. The smallest absolute Gasteiger partial charge is 0.379 e. The van der Waals surface area contributed by atoms with Crippen LogP contribution >= 0.6 is 12.2 Å². The molecule has 0 bridgehead atoms. The van der Waals surface area contributed by atoms with Crippen molar-refractivity contribution in [2.75, 3.05) is 7.11 Å². The second-order valence-electron chi connectivity index (χ2n) is 4.56. The molecule has 0 fully saturated rings. The maximum Gasteiger partial charge on any atom is 0.379 e. The second kappa shape index (κ2) is 6.18. The number of ether oxygens (including phenoxy) is 1. The molecule has 0 saturated carbocycles. The number of allylic oxidation sites excluding steroid dienone is 1. The molecule has 1 aromatic carbocycles. The van der Waals surface area contributed by atoms with Crippen LogP contribution in [0.2, 0.25) is 0 Å². The molecule has 1 heterocycles. The highest BCUT2D eigenvalue weighted by Crippen LogP contribution is 2.29. The van der Waals surface area contributed by atoms with E-state index in [2.05, 4.69) is 15.4 Å². The average molecular weight is 326 g/mol. The van der Waals surface area contributed by atoms with E-state index in [4.69, 9.17) is 12.2 Å². The third kappa shape index (κ3) is 2.96. The highest BCUT2D eigenvalue weighted by molar-refractivity contribution is 7.80. The van der Waals surface area contributed by atoms with Crippen molar-refractivity contribution >= 4 is 29.1 Å². The van der Waals surface area contributed by atoms with Gasteiger partial charge in [0.2, 0.25) is 0 Å². The van der Waals surface area contributed by atoms with E-state index >= 15 is 0 Å². The van der Waals surface area contributed by atoms with Crippen LogP contribution in [0.4, 0.5) is 8.78 Å². The second-order valence-corrected chi connectivity index (χ2v) is 4.96. The van der Waals surface area contributed by atoms with Crippen LogP contribution in [0, 0.1) is 11.6 Å². The van der Waals surface area contributed by atoms with Gasteiger partial charge >= 0.3 is 5.97 Å². The summed E-state index contributed by atoms with van der Waals surface area (Å²) in [7, 11) is 1.07. The van der Waals surface area contributed by atoms with Crippen LogP contribution in [0.25, 0.3) is 0 Å². The highest BCUT2D eigenvalue weighted by atomic mass is 32.1. The highest BCUT2D eigenvalue weighted by Gasteiger charge is 2.35. The van der Waals surface area contributed by atoms with Gasteiger partial charge in [-0.25, -0.2) is 13.6 Å². The van der Waals surface area contributed by atoms with Crippen LogP contribution in [0.3, 0.4) is 0 Å². The SMILES string of the molecule is COC(=O)C(=O)C1=C(C)NC(=S)N[C@H]1c1ccc(F)cc1F. The number of Topliss-reactive ketones (excluding diaryl/α,β-unsaturated/α-hetero) is 1. The number of hydrogen-bond acceptors (Lipinski definition) is 4. The first-order valence-electron chi connectivity index (χ1n) is 6.21. The minimum absolute atomic E-state index is 0.00291. The number of methoxy groups -OCH3 is 1. The largest absolute Gasteiger partial charge is 0.463 e. The lowest BCUT2D eigenvalue weighted by Crippen LogP contribution is -2.46. The number of thiocarbonyl (C=S) groups is 1. The minimum Gasteiger partial charge on any atom is -0.463 e. The predicted molar refractivity (Wildman–Crippen MR) is 77.7 cm³/mol. The van der Waals surface area contributed by atoms with Crippen LogP contribution in [0.5, 0.6) is 0 Å². The van der Waals surface area contributed by atoms with Gasteiger partial charge in [0.05, 0.1) is 18.7 Å². The van der Waals surface area contributed by atoms with Gasteiger partial charge in [0.15, 0.2) is 5.11 Å². The summed E-state index contributed by atoms with van der Waals surface area (Å²) >= 11 is 4.98. The molecule has 0 saturated heterocycles. The van der Waals surface area contributed by atoms with Crippen molar-refractivity contribution in [2.45, 2.75) is 13.0 Å². The molecule has 0 radical (unpaired) electrons. The number of esters is 1. The molecular formula is C14H12F2N2O3S. The number of halogens is 2. The van der Waals surface area contributed by atoms with Crippen molar-refractivity contribution < 1.29 is 23.1 Å². The molecule has 8 heteroatoms. The van der Waals surface area contributed by atoms with Gasteiger partial charge in [0.1, 0.15) is 11.6 Å². The molecule has 1 atom stereocenters. The molecule has 2 rings (SSSR count). The van der Waals surface area contributed by atoms with Crippen molar-refractivity contribution in [1.29, 1.82) is 0 Å². The molecule has 0 amide bonds. The van der Waals surface area contributed by atoms with E-state index in [-0.39, 0.29) is 16.2 Å². The molecule has 1 aromatic rings. The normalized spacial score (nSPS) is 17.6. The Labute approximate surface area is 130 Å². The van der Waals surface area contributed by atoms with E-state index < -0.39 is 29.4 Å². The van der Waals surface area contributed by atoms with E-state index in [1.165, 1.54) is 13.0 Å². The van der Waals surface area contributed by atoms with Crippen molar-refractivity contribution in [1.82, 2.24) is 10.6 Å². The summed E-state index contributed by atoms with van der Waals surface area (Å²) in [4.78, 5) is 23.7. The topological polar surface area (TPSA) is 67.4 Å². The summed E-state index contributed by atoms with van der Waals surface area (Å²) in [6.07, 6.45) is 0. The molecular weight excluding hydrogens is 314 g/mol. The van der Waals surface area contributed by atoms with Crippen molar-refractivity contribution in [3.8, 4) is 0 Å². The standard InChI is InChI=1S/C14H12F2N2O3S/c1-6-10(12(19)13(20)21-2)11(18-14(22)17-6)8-4-3-7(15)5-9(8)16/h3-5,11H,1-2H3,(H2,17,18,22)/t11-/m0/s1. The molecule has 0 unspecified atom stereocenters. The summed E-state index contributed by atoms with van der Waals surface area (Å²) in [5.41, 5.74) is 0.260. The number of benzene rings is 1. The van der Waals surface area contributed by atoms with Gasteiger partial charge in [-0.3, -0.25) is 4.79 Å². The van der Waals surface area contributed by atoms with Crippen molar-refractivity contribution in [3.63, 3.8) is 0 Å². The molecule has 0 aliphatic carbocycles. The van der Waals surface area contributed by atoms with Gasteiger partial charge in [-0.15, -0.1) is 0 Å². The fourth-order valence-electron chi connectivity index (χ4n) is 2.17. The number of nitrogens with one attached hydrogen (secondary N) is 2. The lowest BCUT2D eigenvalue weighted by Gasteiger charge is -2.30. The lowest BCUT2D eigenvalue weighted by molar-refractivity contribution is -0.150. The Hall–Kier alpha value is -2.35. The Balaban J connectivity index is 2.55. The molecule has 1 aliphatic heterocycles. The van der Waals surface area contributed by atoms with Crippen molar-refractivity contribution in [3.05, 3.63) is 46.7 Å². The summed E-state index contributed by atoms with van der Waals surface area (Å²) in [5.74, 6) is -3.63. The Kier molecular flexibility index (Phi) is 4.51. The maximum absolute atomic E-state index is 14.0. The molecule has 22 heavy (non-hydrogen) atoms. The van der Waals surface area contributed by atoms with E-state index in [0.29, 0.717) is 11.8 Å². The quantitative estimate of drug-likeness (QED) is 0.498. The minimum atomic E-state index is -1.08. The first-order valence-corrected chi connectivity index (χ1v) is 6.62. The molecule has 5 nitrogen and oxygen atoms in total. The van der Waals surface area contributed by atoms with Gasteiger partial charge in [-0.2, -0.15) is 0 Å². The van der Waals surface area contributed by atoms with Gasteiger partial charge < -0.3 is 15.4 Å². The van der Waals surface area contributed by atoms with Crippen LogP contribution in [0.15, 0.2) is 29.5 Å². The fourth-order valence-corrected chi connectivity index (χ4v) is 2.44. The summed E-state index contributed by atoms with van der Waals surface area (Å²) in [6.45, 7) is 1.53. The predicted octanol–water partition coefficient (Wildman–Crippen LogP) is 1.50. The lowest BCUT2D eigenvalue weighted by atomic mass is 9.92. The number of rotatable bonds is 3. The van der Waals surface area contributed by atoms with Crippen LogP contribution in [0.1, 0.15) is 18.5 Å². The van der Waals surface area contributed by atoms with Gasteiger partial charge in [0.25, 0.3) is 5.78 Å². The van der Waals surface area contributed by atoms with Crippen molar-refractivity contribution in [2.24, 2.45) is 0 Å². The number of ketones is 1. The van der Waals surface area contributed by atoms with E-state index in [1.54, 1.807) is 0 Å². The zero-order valence-corrected chi connectivity index (χ0v) is 12.5. The molecule has 1 aliphatic rings.